The summed E-state index contributed by atoms with van der Waals surface area (Å²) in [6.07, 6.45) is 3.65. The van der Waals surface area contributed by atoms with E-state index in [1.165, 1.54) is 0 Å². The molecule has 0 bridgehead atoms. The van der Waals surface area contributed by atoms with E-state index in [4.69, 9.17) is 9.47 Å². The molecule has 3 heterocycles. The van der Waals surface area contributed by atoms with Gasteiger partial charge in [-0.15, -0.1) is 0 Å². The van der Waals surface area contributed by atoms with Crippen molar-refractivity contribution in [2.24, 2.45) is 0 Å². The van der Waals surface area contributed by atoms with Gasteiger partial charge in [0.05, 0.1) is 5.56 Å². The van der Waals surface area contributed by atoms with E-state index in [0.29, 0.717) is 17.6 Å². The number of carbonyl (C=O) groups excluding carboxylic acids is 1. The molecule has 1 aliphatic rings. The highest BCUT2D eigenvalue weighted by Crippen LogP contribution is 2.41. The number of aromatic nitrogens is 2. The Kier molecular flexibility index (Phi) is 3.30. The molecule has 24 heavy (non-hydrogen) atoms. The molecule has 1 N–H and O–H groups in total. The van der Waals surface area contributed by atoms with Crippen LogP contribution in [-0.2, 0) is 4.74 Å². The Bertz CT molecular complexity index is 914. The van der Waals surface area contributed by atoms with Crippen molar-refractivity contribution in [1.29, 1.82) is 0 Å². The van der Waals surface area contributed by atoms with E-state index in [1.807, 2.05) is 44.2 Å². The number of rotatable bonds is 2. The van der Waals surface area contributed by atoms with Crippen LogP contribution in [0.3, 0.4) is 0 Å². The van der Waals surface area contributed by atoms with Crippen molar-refractivity contribution < 1.29 is 14.3 Å². The van der Waals surface area contributed by atoms with E-state index in [2.05, 4.69) is 9.97 Å². The summed E-state index contributed by atoms with van der Waals surface area (Å²) in [7, 11) is 0. The maximum absolute atomic E-state index is 12.7. The number of H-pyrrole nitrogens is 1. The van der Waals surface area contributed by atoms with E-state index >= 15 is 0 Å². The molecule has 1 atom stereocenters. The van der Waals surface area contributed by atoms with Crippen molar-refractivity contribution in [1.82, 2.24) is 9.97 Å². The van der Waals surface area contributed by atoms with Gasteiger partial charge in [-0.05, 0) is 32.0 Å². The Morgan fingerprint density at radius 2 is 2.12 bits per heavy atom. The first kappa shape index (κ1) is 14.8. The second-order valence-corrected chi connectivity index (χ2v) is 6.60. The van der Waals surface area contributed by atoms with Gasteiger partial charge in [-0.3, -0.25) is 0 Å². The highest BCUT2D eigenvalue weighted by atomic mass is 16.6. The van der Waals surface area contributed by atoms with E-state index in [1.54, 1.807) is 18.5 Å². The van der Waals surface area contributed by atoms with Crippen molar-refractivity contribution in [3.8, 4) is 5.75 Å². The quantitative estimate of drug-likeness (QED) is 0.724. The Labute approximate surface area is 139 Å². The van der Waals surface area contributed by atoms with E-state index in [9.17, 15) is 4.79 Å². The fourth-order valence-corrected chi connectivity index (χ4v) is 3.17. The van der Waals surface area contributed by atoms with Gasteiger partial charge in [0.1, 0.15) is 23.1 Å². The van der Waals surface area contributed by atoms with Crippen LogP contribution in [0.4, 0.5) is 0 Å². The lowest BCUT2D eigenvalue weighted by molar-refractivity contribution is -0.0160. The summed E-state index contributed by atoms with van der Waals surface area (Å²) >= 11 is 0. The van der Waals surface area contributed by atoms with Gasteiger partial charge in [-0.1, -0.05) is 18.2 Å². The smallest absolute Gasteiger partial charge is 0.339 e. The molecule has 1 unspecified atom stereocenters. The molecule has 5 heteroatoms. The largest absolute Gasteiger partial charge is 0.487 e. The third kappa shape index (κ3) is 2.52. The predicted octanol–water partition coefficient (Wildman–Crippen LogP) is 4.02. The zero-order valence-corrected chi connectivity index (χ0v) is 13.6. The molecule has 0 fully saturated rings. The number of benzene rings is 1. The second-order valence-electron chi connectivity index (χ2n) is 6.60. The van der Waals surface area contributed by atoms with Crippen molar-refractivity contribution >= 4 is 17.0 Å². The van der Waals surface area contributed by atoms with Gasteiger partial charge in [0.2, 0.25) is 0 Å². The highest BCUT2D eigenvalue weighted by molar-refractivity contribution is 6.02. The summed E-state index contributed by atoms with van der Waals surface area (Å²) < 4.78 is 11.8. The molecule has 1 aliphatic heterocycles. The average Bonchev–Trinajstić information content (AvgIpc) is 3.02. The molecule has 0 spiro atoms. The Morgan fingerprint density at radius 1 is 1.29 bits per heavy atom. The van der Waals surface area contributed by atoms with Crippen LogP contribution < -0.4 is 4.74 Å². The van der Waals surface area contributed by atoms with E-state index < -0.39 is 0 Å². The lowest BCUT2D eigenvalue weighted by atomic mass is 9.91. The van der Waals surface area contributed by atoms with Gasteiger partial charge < -0.3 is 14.5 Å². The van der Waals surface area contributed by atoms with Gasteiger partial charge in [0, 0.05) is 29.8 Å². The lowest BCUT2D eigenvalue weighted by Crippen LogP contribution is -2.36. The minimum atomic E-state index is -0.388. The predicted molar refractivity (Wildman–Crippen MR) is 90.0 cm³/mol. The molecule has 0 saturated heterocycles. The van der Waals surface area contributed by atoms with Crippen molar-refractivity contribution in [2.45, 2.75) is 32.0 Å². The normalized spacial score (nSPS) is 18.7. The molecule has 2 aromatic heterocycles. The number of esters is 1. The first-order chi connectivity index (χ1) is 11.5. The van der Waals surface area contributed by atoms with Crippen LogP contribution in [0.1, 0.15) is 42.3 Å². The molecular weight excluding hydrogens is 304 g/mol. The van der Waals surface area contributed by atoms with Crippen LogP contribution in [0, 0.1) is 0 Å². The number of nitrogens with one attached hydrogen (secondary N) is 1. The number of ether oxygens (including phenoxy) is 2. The molecule has 0 saturated carbocycles. The molecule has 0 aliphatic carbocycles. The SMILES string of the molecule is CC1(C)CC(OC(=O)c2ccnc3[nH]ccc23)c2ccccc2O1. The topological polar surface area (TPSA) is 64.2 Å². The zero-order chi connectivity index (χ0) is 16.7. The number of fused-ring (bicyclic) bond motifs is 2. The third-order valence-electron chi connectivity index (χ3n) is 4.26. The molecule has 0 amide bonds. The number of aromatic amines is 1. The minimum absolute atomic E-state index is 0.334. The maximum atomic E-state index is 12.7. The summed E-state index contributed by atoms with van der Waals surface area (Å²) in [5.74, 6) is 0.424. The van der Waals surface area contributed by atoms with Crippen LogP contribution in [0.15, 0.2) is 48.8 Å². The summed E-state index contributed by atoms with van der Waals surface area (Å²) in [5, 5.41) is 0.766. The average molecular weight is 322 g/mol. The van der Waals surface area contributed by atoms with Crippen LogP contribution in [0.25, 0.3) is 11.0 Å². The van der Waals surface area contributed by atoms with E-state index in [-0.39, 0.29) is 17.7 Å². The number of nitrogens with zero attached hydrogens (tertiary/aromatic N) is 1. The Balaban J connectivity index is 1.67. The number of hydrogen-bond acceptors (Lipinski definition) is 4. The maximum Gasteiger partial charge on any atom is 0.339 e. The standard InChI is InChI=1S/C19H18N2O3/c1-19(2)11-16(14-5-3-4-6-15(14)24-19)23-18(22)13-8-10-21-17-12(13)7-9-20-17/h3-10,16H,11H2,1-2H3,(H,20,21). The molecule has 0 radical (unpaired) electrons. The molecule has 4 rings (SSSR count). The fourth-order valence-electron chi connectivity index (χ4n) is 3.17. The van der Waals surface area contributed by atoms with Gasteiger partial charge >= 0.3 is 5.97 Å². The first-order valence-corrected chi connectivity index (χ1v) is 7.94. The molecule has 122 valence electrons. The van der Waals surface area contributed by atoms with Crippen LogP contribution in [0.5, 0.6) is 5.75 Å². The van der Waals surface area contributed by atoms with Gasteiger partial charge in [0.15, 0.2) is 0 Å². The minimum Gasteiger partial charge on any atom is -0.487 e. The number of pyridine rings is 1. The monoisotopic (exact) mass is 322 g/mol. The van der Waals surface area contributed by atoms with Crippen LogP contribution in [0.2, 0.25) is 0 Å². The van der Waals surface area contributed by atoms with Crippen molar-refractivity contribution in [3.63, 3.8) is 0 Å². The van der Waals surface area contributed by atoms with Crippen LogP contribution >= 0.6 is 0 Å². The zero-order valence-electron chi connectivity index (χ0n) is 13.6. The number of carbonyl (C=O) groups is 1. The second kappa shape index (κ2) is 5.37. The molecule has 5 nitrogen and oxygen atoms in total. The summed E-state index contributed by atoms with van der Waals surface area (Å²) in [6, 6.07) is 11.2. The van der Waals surface area contributed by atoms with Crippen LogP contribution in [-0.4, -0.2) is 21.5 Å². The summed E-state index contributed by atoms with van der Waals surface area (Å²) in [6.45, 7) is 4.00. The van der Waals surface area contributed by atoms with Crippen molar-refractivity contribution in [2.75, 3.05) is 0 Å². The third-order valence-corrected chi connectivity index (χ3v) is 4.26. The lowest BCUT2D eigenvalue weighted by Gasteiger charge is -2.37. The highest BCUT2D eigenvalue weighted by Gasteiger charge is 2.36. The molecule has 1 aromatic carbocycles. The summed E-state index contributed by atoms with van der Waals surface area (Å²) in [5.41, 5.74) is 1.71. The number of hydrogen-bond donors (Lipinski definition) is 1. The van der Waals surface area contributed by atoms with Crippen molar-refractivity contribution in [3.05, 3.63) is 59.9 Å². The Hall–Kier alpha value is -2.82. The van der Waals surface area contributed by atoms with Gasteiger partial charge in [-0.25, -0.2) is 9.78 Å². The molecular formula is C19H18N2O3. The fraction of sp³-hybridized carbons (Fsp3) is 0.263. The number of para-hydroxylation sites is 1. The molecule has 3 aromatic rings. The first-order valence-electron chi connectivity index (χ1n) is 7.94. The summed E-state index contributed by atoms with van der Waals surface area (Å²) in [4.78, 5) is 20.0. The van der Waals surface area contributed by atoms with Gasteiger partial charge in [-0.2, -0.15) is 0 Å². The Morgan fingerprint density at radius 3 is 3.00 bits per heavy atom. The van der Waals surface area contributed by atoms with E-state index in [0.717, 1.165) is 16.7 Å². The van der Waals surface area contributed by atoms with Gasteiger partial charge in [0.25, 0.3) is 0 Å².